The summed E-state index contributed by atoms with van der Waals surface area (Å²) in [7, 11) is 0. The number of anilines is 1. The lowest BCUT2D eigenvalue weighted by Crippen LogP contribution is -2.59. The second-order valence-electron chi connectivity index (χ2n) is 13.6. The molecule has 49 heavy (non-hydrogen) atoms. The van der Waals surface area contributed by atoms with Crippen LogP contribution >= 0.6 is 11.6 Å². The van der Waals surface area contributed by atoms with Gasteiger partial charge in [0, 0.05) is 63.2 Å². The fourth-order valence-corrected chi connectivity index (χ4v) is 8.20. The van der Waals surface area contributed by atoms with Crippen LogP contribution in [0.5, 0.6) is 0 Å². The number of carbonyl (C=O) groups is 2. The Morgan fingerprint density at radius 1 is 1.00 bits per heavy atom. The number of piperidine rings is 2. The number of aromatic amines is 1. The van der Waals surface area contributed by atoms with Crippen LogP contribution in [0.1, 0.15) is 49.8 Å². The molecule has 260 valence electrons. The van der Waals surface area contributed by atoms with Crippen LogP contribution in [-0.2, 0) is 17.6 Å². The second-order valence-corrected chi connectivity index (χ2v) is 14.0. The minimum absolute atomic E-state index is 0.0775. The van der Waals surface area contributed by atoms with Gasteiger partial charge in [-0.2, -0.15) is 0 Å². The molecule has 3 fully saturated rings. The van der Waals surface area contributed by atoms with Crippen molar-refractivity contribution < 1.29 is 9.59 Å². The van der Waals surface area contributed by atoms with Crippen LogP contribution in [-0.4, -0.2) is 106 Å². The van der Waals surface area contributed by atoms with Crippen LogP contribution in [0.4, 0.5) is 10.5 Å². The molecule has 0 unspecified atom stereocenters. The zero-order chi connectivity index (χ0) is 34.1. The number of piperazine rings is 1. The number of fused-ring (bicyclic) bond motifs is 3. The van der Waals surface area contributed by atoms with Crippen LogP contribution in [0.2, 0.25) is 5.02 Å². The number of amides is 3. The van der Waals surface area contributed by atoms with E-state index >= 15 is 0 Å². The van der Waals surface area contributed by atoms with Crippen molar-refractivity contribution in [3.05, 3.63) is 69.2 Å². The maximum atomic E-state index is 14.1. The standard InChI is InChI=1S/C36H46ClN9O3/c1-2-24-19-23(20-28(37)32(24)38)21-30(34(47)44-17-15-43(16-18-44)25-7-11-39-12-8-25)41-35(48)45-13-9-26(10-14-45)46-31-22-40-29-6-4-3-5-27(29)33(31)42-36(46)49/h3-6,19-20,22,25-26,30,39H,2,7-18,21,38H2,1H3,(H,41,48)(H,42,49)/t30-/m1/s1. The van der Waals surface area contributed by atoms with Crippen molar-refractivity contribution in [3.63, 3.8) is 0 Å². The SMILES string of the molecule is CCc1cc(C[C@@H](NC(=O)N2CCC(n3c(=O)[nH]c4c5ccccc5ncc43)CC2)C(=O)N2CCN(C3CCNCC3)CC2)cc(Cl)c1N. The van der Waals surface area contributed by atoms with Crippen molar-refractivity contribution in [2.45, 2.75) is 63.6 Å². The number of likely N-dealkylation sites (tertiary alicyclic amines) is 1. The van der Waals surface area contributed by atoms with Crippen LogP contribution in [0, 0.1) is 0 Å². The molecule has 12 nitrogen and oxygen atoms in total. The van der Waals surface area contributed by atoms with Crippen molar-refractivity contribution in [1.82, 2.24) is 39.9 Å². The third kappa shape index (κ3) is 6.86. The van der Waals surface area contributed by atoms with Crippen molar-refractivity contribution in [3.8, 4) is 0 Å². The largest absolute Gasteiger partial charge is 0.397 e. The molecule has 2 aromatic carbocycles. The van der Waals surface area contributed by atoms with E-state index < -0.39 is 6.04 Å². The Morgan fingerprint density at radius 2 is 1.73 bits per heavy atom. The molecule has 0 bridgehead atoms. The van der Waals surface area contributed by atoms with Gasteiger partial charge >= 0.3 is 11.7 Å². The number of para-hydroxylation sites is 1. The summed E-state index contributed by atoms with van der Waals surface area (Å²) >= 11 is 6.50. The van der Waals surface area contributed by atoms with Crippen molar-refractivity contribution in [2.24, 2.45) is 0 Å². The molecule has 0 aliphatic carbocycles. The minimum Gasteiger partial charge on any atom is -0.397 e. The average molecular weight is 688 g/mol. The topological polar surface area (TPSA) is 145 Å². The number of nitrogens with one attached hydrogen (secondary N) is 3. The first kappa shape index (κ1) is 33.4. The first-order chi connectivity index (χ1) is 23.8. The number of aromatic nitrogens is 3. The predicted molar refractivity (Wildman–Crippen MR) is 193 cm³/mol. The number of hydrogen-bond acceptors (Lipinski definition) is 7. The summed E-state index contributed by atoms with van der Waals surface area (Å²) in [5, 5.41) is 7.90. The molecule has 3 amide bonds. The number of nitrogens with two attached hydrogens (primary N) is 1. The van der Waals surface area contributed by atoms with Crippen molar-refractivity contribution >= 4 is 51.2 Å². The number of benzene rings is 2. The molecule has 0 saturated carbocycles. The quantitative estimate of drug-likeness (QED) is 0.218. The molecular weight excluding hydrogens is 642 g/mol. The second kappa shape index (κ2) is 14.4. The summed E-state index contributed by atoms with van der Waals surface area (Å²) < 4.78 is 1.79. The smallest absolute Gasteiger partial charge is 0.326 e. The van der Waals surface area contributed by atoms with E-state index in [1.54, 1.807) is 21.7 Å². The van der Waals surface area contributed by atoms with Gasteiger partial charge in [-0.05, 0) is 68.5 Å². The molecule has 0 radical (unpaired) electrons. The molecule has 3 aliphatic heterocycles. The third-order valence-electron chi connectivity index (χ3n) is 10.7. The molecule has 5 heterocycles. The lowest BCUT2D eigenvalue weighted by atomic mass is 9.99. The highest BCUT2D eigenvalue weighted by Gasteiger charge is 2.34. The number of carbonyl (C=O) groups excluding carboxylic acids is 2. The van der Waals surface area contributed by atoms with Gasteiger partial charge in [-0.3, -0.25) is 19.2 Å². The molecule has 5 N–H and O–H groups in total. The molecule has 7 rings (SSSR count). The fourth-order valence-electron chi connectivity index (χ4n) is 7.93. The number of halogens is 1. The molecule has 0 spiro atoms. The summed E-state index contributed by atoms with van der Waals surface area (Å²) in [6.07, 6.45) is 6.26. The van der Waals surface area contributed by atoms with Gasteiger partial charge in [0.25, 0.3) is 0 Å². The van der Waals surface area contributed by atoms with Crippen molar-refractivity contribution in [2.75, 3.05) is 58.1 Å². The Hall–Kier alpha value is -4.13. The van der Waals surface area contributed by atoms with Gasteiger partial charge in [0.1, 0.15) is 6.04 Å². The molecular formula is C36H46ClN9O3. The molecule has 3 saturated heterocycles. The molecule has 1 atom stereocenters. The average Bonchev–Trinajstić information content (AvgIpc) is 3.49. The first-order valence-electron chi connectivity index (χ1n) is 17.6. The monoisotopic (exact) mass is 687 g/mol. The highest BCUT2D eigenvalue weighted by molar-refractivity contribution is 6.33. The van der Waals surface area contributed by atoms with E-state index in [4.69, 9.17) is 17.3 Å². The Bertz CT molecular complexity index is 1890. The van der Waals surface area contributed by atoms with E-state index in [-0.39, 0.29) is 23.7 Å². The highest BCUT2D eigenvalue weighted by Crippen LogP contribution is 2.29. The number of H-pyrrole nitrogens is 1. The molecule has 3 aliphatic rings. The first-order valence-corrected chi connectivity index (χ1v) is 18.0. The Labute approximate surface area is 290 Å². The maximum absolute atomic E-state index is 14.1. The van der Waals surface area contributed by atoms with E-state index in [0.717, 1.165) is 72.1 Å². The number of nitrogens with zero attached hydrogens (tertiary/aromatic N) is 5. The number of rotatable bonds is 7. The third-order valence-corrected chi connectivity index (χ3v) is 11.0. The van der Waals surface area contributed by atoms with E-state index in [9.17, 15) is 14.4 Å². The summed E-state index contributed by atoms with van der Waals surface area (Å²) in [5.41, 5.74) is 10.8. The predicted octanol–water partition coefficient (Wildman–Crippen LogP) is 3.53. The number of aryl methyl sites for hydroxylation is 1. The van der Waals surface area contributed by atoms with Gasteiger partial charge in [0.2, 0.25) is 5.91 Å². The Morgan fingerprint density at radius 3 is 2.47 bits per heavy atom. The molecule has 13 heteroatoms. The summed E-state index contributed by atoms with van der Waals surface area (Å²) in [4.78, 5) is 54.9. The molecule has 2 aromatic heterocycles. The van der Waals surface area contributed by atoms with Crippen LogP contribution < -0.4 is 22.1 Å². The Balaban J connectivity index is 1.05. The maximum Gasteiger partial charge on any atom is 0.326 e. The zero-order valence-electron chi connectivity index (χ0n) is 28.1. The Kier molecular flexibility index (Phi) is 9.80. The number of nitrogen functional groups attached to an aromatic ring is 1. The van der Waals surface area contributed by atoms with Gasteiger partial charge < -0.3 is 31.2 Å². The molecule has 4 aromatic rings. The van der Waals surface area contributed by atoms with Crippen LogP contribution in [0.15, 0.2) is 47.4 Å². The van der Waals surface area contributed by atoms with Crippen LogP contribution in [0.25, 0.3) is 21.9 Å². The minimum atomic E-state index is -0.754. The van der Waals surface area contributed by atoms with Crippen LogP contribution in [0.3, 0.4) is 0 Å². The van der Waals surface area contributed by atoms with Gasteiger partial charge in [-0.25, -0.2) is 9.59 Å². The van der Waals surface area contributed by atoms with Gasteiger partial charge in [-0.15, -0.1) is 0 Å². The zero-order valence-corrected chi connectivity index (χ0v) is 28.8. The van der Waals surface area contributed by atoms with E-state index in [0.29, 0.717) is 68.6 Å². The van der Waals surface area contributed by atoms with E-state index in [2.05, 4.69) is 25.5 Å². The van der Waals surface area contributed by atoms with Gasteiger partial charge in [-0.1, -0.05) is 42.8 Å². The van der Waals surface area contributed by atoms with Crippen molar-refractivity contribution in [1.29, 1.82) is 0 Å². The summed E-state index contributed by atoms with van der Waals surface area (Å²) in [5.74, 6) is -0.0794. The number of hydrogen-bond donors (Lipinski definition) is 4. The number of urea groups is 1. The normalized spacial score (nSPS) is 19.1. The highest BCUT2D eigenvalue weighted by atomic mass is 35.5. The van der Waals surface area contributed by atoms with Gasteiger partial charge in [0.15, 0.2) is 0 Å². The summed E-state index contributed by atoms with van der Waals surface area (Å²) in [6, 6.07) is 11.0. The summed E-state index contributed by atoms with van der Waals surface area (Å²) in [6.45, 7) is 7.93. The number of pyridine rings is 1. The fraction of sp³-hybridized carbons (Fsp3) is 0.500. The van der Waals surface area contributed by atoms with E-state index in [1.807, 2.05) is 42.2 Å². The van der Waals surface area contributed by atoms with Gasteiger partial charge in [0.05, 0.1) is 33.5 Å². The lowest BCUT2D eigenvalue weighted by Gasteiger charge is -2.42. The lowest BCUT2D eigenvalue weighted by molar-refractivity contribution is -0.135. The van der Waals surface area contributed by atoms with E-state index in [1.165, 1.54) is 0 Å². The number of imidazole rings is 1.